The van der Waals surface area contributed by atoms with Crippen LogP contribution in [0.25, 0.3) is 0 Å². The van der Waals surface area contributed by atoms with Gasteiger partial charge in [-0.05, 0) is 18.6 Å². The third-order valence-electron chi connectivity index (χ3n) is 2.91. The van der Waals surface area contributed by atoms with Crippen molar-refractivity contribution in [3.63, 3.8) is 0 Å². The molecule has 0 saturated carbocycles. The molecule has 5 nitrogen and oxygen atoms in total. The normalized spacial score (nSPS) is 18.1. The number of amides is 1. The molecule has 0 spiro atoms. The second kappa shape index (κ2) is 6.53. The molecule has 0 radical (unpaired) electrons. The van der Waals surface area contributed by atoms with Gasteiger partial charge in [0, 0.05) is 6.54 Å². The van der Waals surface area contributed by atoms with Gasteiger partial charge in [-0.2, -0.15) is 5.26 Å². The van der Waals surface area contributed by atoms with Crippen molar-refractivity contribution < 1.29 is 14.6 Å². The van der Waals surface area contributed by atoms with E-state index in [1.165, 1.54) is 11.3 Å². The Bertz CT molecular complexity index is 606. The molecule has 1 aliphatic rings. The fourth-order valence-corrected chi connectivity index (χ4v) is 2.91. The molecule has 0 aromatic carbocycles. The van der Waals surface area contributed by atoms with Crippen LogP contribution in [0.15, 0.2) is 6.07 Å². The number of aliphatic hydroxyl groups is 1. The van der Waals surface area contributed by atoms with Crippen molar-refractivity contribution in [3.05, 3.63) is 21.4 Å². The third kappa shape index (κ3) is 3.17. The lowest BCUT2D eigenvalue weighted by molar-refractivity contribution is 0.00369. The fraction of sp³-hybridized carbons (Fsp3) is 0.429. The van der Waals surface area contributed by atoms with Gasteiger partial charge >= 0.3 is 0 Å². The molecule has 1 aromatic rings. The van der Waals surface area contributed by atoms with Gasteiger partial charge < -0.3 is 14.7 Å². The van der Waals surface area contributed by atoms with Gasteiger partial charge in [0.2, 0.25) is 0 Å². The lowest BCUT2D eigenvalue weighted by atomic mass is 10.2. The van der Waals surface area contributed by atoms with Crippen LogP contribution in [0.2, 0.25) is 0 Å². The number of nitrogens with zero attached hydrogens (tertiary/aromatic N) is 2. The average molecular weight is 290 g/mol. The van der Waals surface area contributed by atoms with Crippen molar-refractivity contribution >= 4 is 17.2 Å². The highest BCUT2D eigenvalue weighted by atomic mass is 32.1. The maximum absolute atomic E-state index is 12.4. The van der Waals surface area contributed by atoms with Gasteiger partial charge in [-0.1, -0.05) is 11.8 Å². The van der Waals surface area contributed by atoms with Crippen LogP contribution >= 0.6 is 11.3 Å². The number of carbonyl (C=O) groups is 1. The Morgan fingerprint density at radius 3 is 3.20 bits per heavy atom. The summed E-state index contributed by atoms with van der Waals surface area (Å²) in [6.07, 6.45) is -0.553. The second-order valence-corrected chi connectivity index (χ2v) is 5.37. The third-order valence-corrected chi connectivity index (χ3v) is 4.05. The van der Waals surface area contributed by atoms with Crippen LogP contribution in [-0.4, -0.2) is 48.3 Å². The molecular formula is C14H14N2O3S. The van der Waals surface area contributed by atoms with Crippen molar-refractivity contribution in [2.45, 2.75) is 13.0 Å². The van der Waals surface area contributed by atoms with E-state index in [0.717, 1.165) is 10.4 Å². The quantitative estimate of drug-likeness (QED) is 0.775. The first kappa shape index (κ1) is 14.5. The number of thiophene rings is 1. The van der Waals surface area contributed by atoms with Crippen LogP contribution in [0.4, 0.5) is 0 Å². The lowest BCUT2D eigenvalue weighted by Crippen LogP contribution is -2.44. The molecule has 2 rings (SSSR count). The molecule has 1 N–H and O–H groups in total. The SMILES string of the molecule is Cc1cc(C(=O)N2CCOC(C#N)C2)sc1C#CCO. The summed E-state index contributed by atoms with van der Waals surface area (Å²) in [7, 11) is 0. The van der Waals surface area contributed by atoms with Crippen LogP contribution in [0.5, 0.6) is 0 Å². The molecule has 104 valence electrons. The molecule has 1 atom stereocenters. The minimum absolute atomic E-state index is 0.0984. The van der Waals surface area contributed by atoms with E-state index < -0.39 is 6.10 Å². The summed E-state index contributed by atoms with van der Waals surface area (Å²) in [4.78, 5) is 15.4. The Kier molecular flexibility index (Phi) is 4.75. The van der Waals surface area contributed by atoms with Crippen LogP contribution in [0, 0.1) is 30.1 Å². The van der Waals surface area contributed by atoms with E-state index in [4.69, 9.17) is 15.1 Å². The predicted molar refractivity (Wildman–Crippen MR) is 74.3 cm³/mol. The first-order valence-corrected chi connectivity index (χ1v) is 6.98. The number of morpholine rings is 1. The number of aryl methyl sites for hydroxylation is 1. The minimum atomic E-state index is -0.553. The minimum Gasteiger partial charge on any atom is -0.384 e. The summed E-state index contributed by atoms with van der Waals surface area (Å²) in [5.41, 5.74) is 0.921. The largest absolute Gasteiger partial charge is 0.384 e. The summed E-state index contributed by atoms with van der Waals surface area (Å²) in [5, 5.41) is 17.6. The zero-order valence-electron chi connectivity index (χ0n) is 11.0. The van der Waals surface area contributed by atoms with Crippen molar-refractivity contribution in [2.75, 3.05) is 26.3 Å². The Balaban J connectivity index is 2.15. The molecule has 1 aromatic heterocycles. The smallest absolute Gasteiger partial charge is 0.264 e. The topological polar surface area (TPSA) is 73.6 Å². The van der Waals surface area contributed by atoms with Crippen molar-refractivity contribution in [1.82, 2.24) is 4.90 Å². The van der Waals surface area contributed by atoms with Crippen LogP contribution in [0.1, 0.15) is 20.1 Å². The number of hydrogen-bond acceptors (Lipinski definition) is 5. The van der Waals surface area contributed by atoms with E-state index in [1.54, 1.807) is 11.0 Å². The van der Waals surface area contributed by atoms with E-state index in [2.05, 4.69) is 11.8 Å². The zero-order valence-corrected chi connectivity index (χ0v) is 11.9. The molecule has 1 amide bonds. The van der Waals surface area contributed by atoms with E-state index in [9.17, 15) is 4.79 Å². The zero-order chi connectivity index (χ0) is 14.5. The summed E-state index contributed by atoms with van der Waals surface area (Å²) in [5.74, 6) is 5.31. The van der Waals surface area contributed by atoms with Crippen molar-refractivity contribution in [3.8, 4) is 17.9 Å². The van der Waals surface area contributed by atoms with Crippen molar-refractivity contribution in [1.29, 1.82) is 5.26 Å². The molecule has 20 heavy (non-hydrogen) atoms. The Labute approximate surface area is 121 Å². The first-order valence-electron chi connectivity index (χ1n) is 6.16. The van der Waals surface area contributed by atoms with E-state index in [1.807, 2.05) is 13.0 Å². The second-order valence-electron chi connectivity index (χ2n) is 4.32. The first-order chi connectivity index (χ1) is 9.65. The van der Waals surface area contributed by atoms with E-state index >= 15 is 0 Å². The highest BCUT2D eigenvalue weighted by molar-refractivity contribution is 7.14. The molecule has 1 aliphatic heterocycles. The van der Waals surface area contributed by atoms with Gasteiger partial charge in [0.1, 0.15) is 6.61 Å². The number of carbonyl (C=O) groups excluding carboxylic acids is 1. The predicted octanol–water partition coefficient (Wildman–Crippen LogP) is 0.765. The van der Waals surface area contributed by atoms with Crippen molar-refractivity contribution in [2.24, 2.45) is 0 Å². The van der Waals surface area contributed by atoms with E-state index in [0.29, 0.717) is 24.6 Å². The van der Waals surface area contributed by atoms with Crippen LogP contribution in [-0.2, 0) is 4.74 Å². The standard InChI is InChI=1S/C14H14N2O3S/c1-10-7-13(20-12(10)3-2-5-17)14(18)16-4-6-19-11(8-15)9-16/h7,11,17H,4-6,9H2,1H3. The summed E-state index contributed by atoms with van der Waals surface area (Å²) < 4.78 is 5.22. The van der Waals surface area contributed by atoms with Gasteiger partial charge in [0.25, 0.3) is 5.91 Å². The van der Waals surface area contributed by atoms with E-state index in [-0.39, 0.29) is 12.5 Å². The average Bonchev–Trinajstić information content (AvgIpc) is 2.85. The molecule has 0 bridgehead atoms. The molecule has 6 heteroatoms. The Morgan fingerprint density at radius 1 is 1.70 bits per heavy atom. The Morgan fingerprint density at radius 2 is 2.50 bits per heavy atom. The highest BCUT2D eigenvalue weighted by Crippen LogP contribution is 2.23. The summed E-state index contributed by atoms with van der Waals surface area (Å²) in [6, 6.07) is 3.82. The molecule has 1 fully saturated rings. The van der Waals surface area contributed by atoms with Gasteiger partial charge in [0.15, 0.2) is 6.10 Å². The molecule has 1 unspecified atom stereocenters. The molecule has 2 heterocycles. The van der Waals surface area contributed by atoms with Crippen LogP contribution in [0.3, 0.4) is 0 Å². The number of rotatable bonds is 1. The maximum Gasteiger partial charge on any atom is 0.264 e. The Hall–Kier alpha value is -1.86. The summed E-state index contributed by atoms with van der Waals surface area (Å²) in [6.45, 7) is 2.85. The maximum atomic E-state index is 12.4. The van der Waals surface area contributed by atoms with Gasteiger partial charge in [-0.15, -0.1) is 11.3 Å². The molecule has 1 saturated heterocycles. The summed E-state index contributed by atoms with van der Waals surface area (Å²) >= 11 is 1.31. The number of nitriles is 1. The monoisotopic (exact) mass is 290 g/mol. The van der Waals surface area contributed by atoms with Crippen LogP contribution < -0.4 is 0 Å². The lowest BCUT2D eigenvalue weighted by Gasteiger charge is -2.29. The fourth-order valence-electron chi connectivity index (χ4n) is 1.90. The highest BCUT2D eigenvalue weighted by Gasteiger charge is 2.26. The van der Waals surface area contributed by atoms with Gasteiger partial charge in [0.05, 0.1) is 29.0 Å². The van der Waals surface area contributed by atoms with Gasteiger partial charge in [-0.25, -0.2) is 0 Å². The molecular weight excluding hydrogens is 276 g/mol. The number of hydrogen-bond donors (Lipinski definition) is 1. The van der Waals surface area contributed by atoms with Gasteiger partial charge in [-0.3, -0.25) is 4.79 Å². The number of aliphatic hydroxyl groups excluding tert-OH is 1. The molecule has 0 aliphatic carbocycles. The number of ether oxygens (including phenoxy) is 1.